The largest absolute Gasteiger partial charge is 0.462 e. The van der Waals surface area contributed by atoms with Crippen LogP contribution in [0.1, 0.15) is 41.5 Å². The van der Waals surface area contributed by atoms with Crippen molar-refractivity contribution in [3.63, 3.8) is 0 Å². The molecule has 4 atom stereocenters. The maximum absolute atomic E-state index is 10.8. The number of esters is 2. The van der Waals surface area contributed by atoms with Crippen LogP contribution in [0.4, 0.5) is 0 Å². The van der Waals surface area contributed by atoms with Crippen molar-refractivity contribution in [2.24, 2.45) is 0 Å². The molecule has 0 bridgehead atoms. The summed E-state index contributed by atoms with van der Waals surface area (Å²) in [7, 11) is 0. The lowest BCUT2D eigenvalue weighted by atomic mass is 10.3. The number of hydrogen-bond acceptors (Lipinski definition) is 7. The van der Waals surface area contributed by atoms with E-state index in [0.717, 1.165) is 0 Å². The molecule has 0 aromatic heterocycles. The van der Waals surface area contributed by atoms with Crippen LogP contribution in [-0.4, -0.2) is 36.7 Å². The molecule has 0 fully saturated rings. The molecule has 0 aliphatic rings. The Bertz CT molecular complexity index is 404. The Labute approximate surface area is 137 Å². The van der Waals surface area contributed by atoms with Crippen molar-refractivity contribution in [2.45, 2.75) is 66.3 Å². The Morgan fingerprint density at radius 1 is 0.739 bits per heavy atom. The minimum absolute atomic E-state index is 0.282. The van der Waals surface area contributed by atoms with Gasteiger partial charge in [0.05, 0.1) is 0 Å². The summed E-state index contributed by atoms with van der Waals surface area (Å²) in [4.78, 5) is 21.7. The number of hydrogen-bond donors (Lipinski definition) is 0. The first-order chi connectivity index (χ1) is 10.5. The molecule has 0 spiro atoms. The molecule has 0 aliphatic heterocycles. The normalized spacial score (nSPS) is 15.7. The van der Waals surface area contributed by atoms with E-state index in [1.165, 1.54) is 13.8 Å². The van der Waals surface area contributed by atoms with Gasteiger partial charge in [-0.3, -0.25) is 9.59 Å². The van der Waals surface area contributed by atoms with E-state index >= 15 is 0 Å². The van der Waals surface area contributed by atoms with Gasteiger partial charge in [-0.05, 0) is 27.7 Å². The van der Waals surface area contributed by atoms with Crippen molar-refractivity contribution in [1.82, 2.24) is 0 Å². The lowest BCUT2D eigenvalue weighted by Crippen LogP contribution is -2.26. The van der Waals surface area contributed by atoms with E-state index < -0.39 is 36.7 Å². The molecular formula is C16H26O7. The van der Waals surface area contributed by atoms with Crippen molar-refractivity contribution < 1.29 is 33.3 Å². The van der Waals surface area contributed by atoms with Crippen LogP contribution < -0.4 is 0 Å². The molecular weight excluding hydrogens is 304 g/mol. The third-order valence-corrected chi connectivity index (χ3v) is 2.62. The summed E-state index contributed by atoms with van der Waals surface area (Å²) in [6.45, 7) is 16.7. The highest BCUT2D eigenvalue weighted by atomic mass is 16.7. The van der Waals surface area contributed by atoms with E-state index in [9.17, 15) is 9.59 Å². The molecule has 0 radical (unpaired) electrons. The highest BCUT2D eigenvalue weighted by Gasteiger charge is 2.19. The average molecular weight is 330 g/mol. The lowest BCUT2D eigenvalue weighted by molar-refractivity contribution is -0.182. The second-order valence-electron chi connectivity index (χ2n) is 4.95. The monoisotopic (exact) mass is 330 g/mol. The van der Waals surface area contributed by atoms with E-state index in [2.05, 4.69) is 13.2 Å². The van der Waals surface area contributed by atoms with Crippen molar-refractivity contribution >= 4 is 11.9 Å². The number of carbonyl (C=O) groups is 2. The van der Waals surface area contributed by atoms with Crippen molar-refractivity contribution in [3.8, 4) is 0 Å². The average Bonchev–Trinajstić information content (AvgIpc) is 2.35. The molecule has 0 amide bonds. The fourth-order valence-corrected chi connectivity index (χ4v) is 1.58. The highest BCUT2D eigenvalue weighted by Crippen LogP contribution is 2.17. The van der Waals surface area contributed by atoms with Crippen molar-refractivity contribution in [2.75, 3.05) is 0 Å². The van der Waals surface area contributed by atoms with Crippen LogP contribution in [0.15, 0.2) is 24.7 Å². The fraction of sp³-hybridized carbons (Fsp3) is 0.625. The predicted octanol–water partition coefficient (Wildman–Crippen LogP) is 2.66. The summed E-state index contributed by atoms with van der Waals surface area (Å²) in [5, 5.41) is 0. The first kappa shape index (κ1) is 21.1. The summed E-state index contributed by atoms with van der Waals surface area (Å²) in [6, 6.07) is 0. The fourth-order valence-electron chi connectivity index (χ4n) is 1.58. The standard InChI is InChI=1S/C16H26O7/c1-9(11(3)20-15(7)22-13(5)17)19-10(2)12(4)21-16(8)23-14(6)18/h11-12,15-16H,1-2H2,3-8H3. The third-order valence-electron chi connectivity index (χ3n) is 2.62. The minimum atomic E-state index is -0.728. The number of ether oxygens (including phenoxy) is 5. The molecule has 0 aromatic rings. The summed E-state index contributed by atoms with van der Waals surface area (Å²) < 4.78 is 26.0. The second-order valence-corrected chi connectivity index (χ2v) is 4.95. The SMILES string of the molecule is C=C(OC(=C)C(C)OC(C)OC(C)=O)C(C)OC(C)OC(C)=O. The maximum atomic E-state index is 10.8. The predicted molar refractivity (Wildman–Crippen MR) is 82.9 cm³/mol. The first-order valence-electron chi connectivity index (χ1n) is 7.23. The van der Waals surface area contributed by atoms with Crippen LogP contribution in [0.3, 0.4) is 0 Å². The Morgan fingerprint density at radius 3 is 1.30 bits per heavy atom. The lowest BCUT2D eigenvalue weighted by Gasteiger charge is -2.24. The van der Waals surface area contributed by atoms with Crippen molar-refractivity contribution in [1.29, 1.82) is 0 Å². The molecule has 0 saturated carbocycles. The molecule has 0 saturated heterocycles. The molecule has 0 aliphatic carbocycles. The Hall–Kier alpha value is -1.86. The van der Waals surface area contributed by atoms with Gasteiger partial charge in [0.2, 0.25) is 12.6 Å². The van der Waals surface area contributed by atoms with Crippen LogP contribution in [0.25, 0.3) is 0 Å². The van der Waals surface area contributed by atoms with Gasteiger partial charge in [0.1, 0.15) is 23.7 Å². The molecule has 4 unspecified atom stereocenters. The Balaban J connectivity index is 4.33. The van der Waals surface area contributed by atoms with E-state index in [4.69, 9.17) is 23.7 Å². The summed E-state index contributed by atoms with van der Waals surface area (Å²) in [5.74, 6) is -0.321. The van der Waals surface area contributed by atoms with Gasteiger partial charge in [0, 0.05) is 13.8 Å². The third kappa shape index (κ3) is 9.70. The van der Waals surface area contributed by atoms with Gasteiger partial charge < -0.3 is 23.7 Å². The number of rotatable bonds is 10. The Morgan fingerprint density at radius 2 is 1.04 bits per heavy atom. The van der Waals surface area contributed by atoms with Gasteiger partial charge in [-0.25, -0.2) is 0 Å². The molecule has 0 N–H and O–H groups in total. The highest BCUT2D eigenvalue weighted by molar-refractivity contribution is 5.66. The topological polar surface area (TPSA) is 80.3 Å². The van der Waals surface area contributed by atoms with E-state index in [-0.39, 0.29) is 11.5 Å². The van der Waals surface area contributed by atoms with Gasteiger partial charge in [-0.2, -0.15) is 0 Å². The Kier molecular flexibility index (Phi) is 9.21. The van der Waals surface area contributed by atoms with Gasteiger partial charge in [-0.1, -0.05) is 13.2 Å². The van der Waals surface area contributed by atoms with Crippen LogP contribution in [0.5, 0.6) is 0 Å². The minimum Gasteiger partial charge on any atom is -0.462 e. The molecule has 0 aromatic carbocycles. The zero-order valence-electron chi connectivity index (χ0n) is 14.6. The van der Waals surface area contributed by atoms with Crippen LogP contribution in [0, 0.1) is 0 Å². The first-order valence-corrected chi connectivity index (χ1v) is 7.23. The van der Waals surface area contributed by atoms with Crippen LogP contribution in [-0.2, 0) is 33.3 Å². The summed E-state index contributed by atoms with van der Waals surface area (Å²) in [6.07, 6.45) is -2.51. The number of carbonyl (C=O) groups excluding carboxylic acids is 2. The molecule has 23 heavy (non-hydrogen) atoms. The molecule has 7 nitrogen and oxygen atoms in total. The maximum Gasteiger partial charge on any atom is 0.304 e. The quantitative estimate of drug-likeness (QED) is 0.346. The molecule has 0 rings (SSSR count). The van der Waals surface area contributed by atoms with Gasteiger partial charge in [0.15, 0.2) is 0 Å². The zero-order valence-corrected chi connectivity index (χ0v) is 14.6. The van der Waals surface area contributed by atoms with Crippen LogP contribution >= 0.6 is 0 Å². The van der Waals surface area contributed by atoms with Gasteiger partial charge >= 0.3 is 11.9 Å². The van der Waals surface area contributed by atoms with Gasteiger partial charge in [0.25, 0.3) is 0 Å². The van der Waals surface area contributed by atoms with Crippen LogP contribution in [0.2, 0.25) is 0 Å². The summed E-state index contributed by atoms with van der Waals surface area (Å²) >= 11 is 0. The molecule has 0 heterocycles. The molecule has 7 heteroatoms. The second kappa shape index (κ2) is 10.0. The zero-order chi connectivity index (χ0) is 18.2. The van der Waals surface area contributed by atoms with Crippen molar-refractivity contribution in [3.05, 3.63) is 24.7 Å². The molecule has 132 valence electrons. The van der Waals surface area contributed by atoms with Gasteiger partial charge in [-0.15, -0.1) is 0 Å². The smallest absolute Gasteiger partial charge is 0.304 e. The van der Waals surface area contributed by atoms with E-state index in [1.807, 2.05) is 0 Å². The van der Waals surface area contributed by atoms with E-state index in [0.29, 0.717) is 0 Å². The summed E-state index contributed by atoms with van der Waals surface area (Å²) in [5.41, 5.74) is 0. The van der Waals surface area contributed by atoms with E-state index in [1.54, 1.807) is 27.7 Å².